The van der Waals surface area contributed by atoms with E-state index in [4.69, 9.17) is 9.40 Å². The van der Waals surface area contributed by atoms with Crippen molar-refractivity contribution < 1.29 is 4.42 Å². The molecule has 1 aliphatic rings. The van der Waals surface area contributed by atoms with Gasteiger partial charge in [0.2, 0.25) is 5.95 Å². The molecule has 0 unspecified atom stereocenters. The van der Waals surface area contributed by atoms with Gasteiger partial charge in [-0.3, -0.25) is 9.97 Å². The highest BCUT2D eigenvalue weighted by Gasteiger charge is 2.18. The molecule has 1 fully saturated rings. The van der Waals surface area contributed by atoms with Crippen LogP contribution in [0.1, 0.15) is 25.7 Å². The minimum absolute atomic E-state index is 0.717. The Morgan fingerprint density at radius 2 is 1.83 bits per heavy atom. The van der Waals surface area contributed by atoms with Crippen molar-refractivity contribution >= 4 is 5.95 Å². The summed E-state index contributed by atoms with van der Waals surface area (Å²) in [6, 6.07) is 3.78. The highest BCUT2D eigenvalue weighted by Crippen LogP contribution is 2.30. The number of furan rings is 1. The van der Waals surface area contributed by atoms with Gasteiger partial charge in [0.1, 0.15) is 5.69 Å². The maximum atomic E-state index is 5.59. The Bertz CT molecular complexity index is 780. The van der Waals surface area contributed by atoms with Crippen molar-refractivity contribution in [3.05, 3.63) is 43.2 Å². The average molecular weight is 321 g/mol. The highest BCUT2D eigenvalue weighted by molar-refractivity contribution is 5.76. The van der Waals surface area contributed by atoms with E-state index in [1.54, 1.807) is 24.9 Å². The zero-order valence-corrected chi connectivity index (χ0v) is 13.4. The quantitative estimate of drug-likeness (QED) is 0.734. The molecule has 4 rings (SSSR count). The van der Waals surface area contributed by atoms with Gasteiger partial charge in [0.25, 0.3) is 0 Å². The van der Waals surface area contributed by atoms with Crippen molar-refractivity contribution in [2.75, 3.05) is 18.0 Å². The second-order valence-corrected chi connectivity index (χ2v) is 5.90. The molecule has 0 N–H and O–H groups in total. The van der Waals surface area contributed by atoms with Gasteiger partial charge in [-0.05, 0) is 25.0 Å². The summed E-state index contributed by atoms with van der Waals surface area (Å²) in [5.41, 5.74) is 2.33. The van der Waals surface area contributed by atoms with E-state index in [1.807, 2.05) is 18.3 Å². The van der Waals surface area contributed by atoms with E-state index in [9.17, 15) is 0 Å². The fourth-order valence-electron chi connectivity index (χ4n) is 3.02. The summed E-state index contributed by atoms with van der Waals surface area (Å²) in [6.07, 6.45) is 13.5. The minimum Gasteiger partial charge on any atom is -0.463 e. The van der Waals surface area contributed by atoms with Crippen molar-refractivity contribution in [2.24, 2.45) is 0 Å². The van der Waals surface area contributed by atoms with Gasteiger partial charge in [-0.2, -0.15) is 0 Å². The SMILES string of the molecule is c1coc(-c2nc(N3CCCCCC3)ncc2-c2cnccn2)c1. The van der Waals surface area contributed by atoms with E-state index >= 15 is 0 Å². The standard InChI is InChI=1S/C18H19N5O/c1-2-4-10-23(9-3-1)18-21-12-14(15-13-19-7-8-20-15)17(22-18)16-6-5-11-24-16/h5-8,11-13H,1-4,9-10H2. The molecule has 0 bridgehead atoms. The van der Waals surface area contributed by atoms with E-state index in [0.717, 1.165) is 36.0 Å². The monoisotopic (exact) mass is 321 g/mol. The molecule has 0 radical (unpaired) electrons. The van der Waals surface area contributed by atoms with Gasteiger partial charge < -0.3 is 9.32 Å². The second kappa shape index (κ2) is 6.78. The van der Waals surface area contributed by atoms with Crippen molar-refractivity contribution in [1.29, 1.82) is 0 Å². The lowest BCUT2D eigenvalue weighted by Crippen LogP contribution is -2.26. The molecule has 6 nitrogen and oxygen atoms in total. The fourth-order valence-corrected chi connectivity index (χ4v) is 3.02. The van der Waals surface area contributed by atoms with Gasteiger partial charge in [0.15, 0.2) is 5.76 Å². The van der Waals surface area contributed by atoms with Crippen LogP contribution in [-0.2, 0) is 0 Å². The molecule has 3 aromatic heterocycles. The van der Waals surface area contributed by atoms with Crippen LogP contribution in [0.3, 0.4) is 0 Å². The minimum atomic E-state index is 0.717. The Kier molecular flexibility index (Phi) is 4.18. The van der Waals surface area contributed by atoms with Crippen LogP contribution >= 0.6 is 0 Å². The molecule has 4 heterocycles. The lowest BCUT2D eigenvalue weighted by molar-refractivity contribution is 0.579. The third-order valence-electron chi connectivity index (χ3n) is 4.26. The molecule has 0 saturated carbocycles. The summed E-state index contributed by atoms with van der Waals surface area (Å²) in [4.78, 5) is 20.2. The molecule has 3 aromatic rings. The Balaban J connectivity index is 1.78. The van der Waals surface area contributed by atoms with Crippen molar-refractivity contribution in [2.45, 2.75) is 25.7 Å². The van der Waals surface area contributed by atoms with Crippen molar-refractivity contribution in [1.82, 2.24) is 19.9 Å². The Morgan fingerprint density at radius 1 is 0.958 bits per heavy atom. The highest BCUT2D eigenvalue weighted by atomic mass is 16.3. The molecule has 0 spiro atoms. The Hall–Kier alpha value is -2.76. The van der Waals surface area contributed by atoms with Crippen LogP contribution in [0.5, 0.6) is 0 Å². The first kappa shape index (κ1) is 14.8. The summed E-state index contributed by atoms with van der Waals surface area (Å²) in [5.74, 6) is 1.48. The van der Waals surface area contributed by atoms with Crippen LogP contribution < -0.4 is 4.90 Å². The maximum absolute atomic E-state index is 5.59. The first-order valence-electron chi connectivity index (χ1n) is 8.34. The van der Waals surface area contributed by atoms with Crippen LogP contribution in [0.25, 0.3) is 22.7 Å². The number of hydrogen-bond donors (Lipinski definition) is 0. The maximum Gasteiger partial charge on any atom is 0.226 e. The number of hydrogen-bond acceptors (Lipinski definition) is 6. The van der Waals surface area contributed by atoms with Gasteiger partial charge in [0, 0.05) is 37.2 Å². The van der Waals surface area contributed by atoms with Gasteiger partial charge in [-0.25, -0.2) is 9.97 Å². The van der Waals surface area contributed by atoms with E-state index in [2.05, 4.69) is 19.9 Å². The summed E-state index contributed by atoms with van der Waals surface area (Å²) >= 11 is 0. The number of aromatic nitrogens is 4. The molecular weight excluding hydrogens is 302 g/mol. The molecule has 0 aromatic carbocycles. The molecule has 0 aliphatic carbocycles. The third-order valence-corrected chi connectivity index (χ3v) is 4.26. The molecular formula is C18H19N5O. The lowest BCUT2D eigenvalue weighted by Gasteiger charge is -2.21. The van der Waals surface area contributed by atoms with Crippen LogP contribution in [0.15, 0.2) is 47.6 Å². The fraction of sp³-hybridized carbons (Fsp3) is 0.333. The molecule has 0 amide bonds. The van der Waals surface area contributed by atoms with Gasteiger partial charge in [-0.15, -0.1) is 0 Å². The van der Waals surface area contributed by atoms with Crippen LogP contribution in [-0.4, -0.2) is 33.0 Å². The Morgan fingerprint density at radius 3 is 2.54 bits per heavy atom. The molecule has 24 heavy (non-hydrogen) atoms. The van der Waals surface area contributed by atoms with E-state index in [-0.39, 0.29) is 0 Å². The molecule has 6 heteroatoms. The topological polar surface area (TPSA) is 67.9 Å². The Labute approximate surface area is 140 Å². The molecule has 0 atom stereocenters. The average Bonchev–Trinajstić information content (AvgIpc) is 3.04. The van der Waals surface area contributed by atoms with Gasteiger partial charge >= 0.3 is 0 Å². The predicted molar refractivity (Wildman–Crippen MR) is 91.4 cm³/mol. The number of rotatable bonds is 3. The predicted octanol–water partition coefficient (Wildman–Crippen LogP) is 3.57. The number of anilines is 1. The van der Waals surface area contributed by atoms with Crippen LogP contribution in [0.2, 0.25) is 0 Å². The van der Waals surface area contributed by atoms with E-state index < -0.39 is 0 Å². The first-order chi connectivity index (χ1) is 11.9. The third kappa shape index (κ3) is 2.99. The number of nitrogens with zero attached hydrogens (tertiary/aromatic N) is 5. The zero-order chi connectivity index (χ0) is 16.2. The summed E-state index contributed by atoms with van der Waals surface area (Å²) < 4.78 is 5.59. The molecule has 1 saturated heterocycles. The molecule has 122 valence electrons. The van der Waals surface area contributed by atoms with E-state index in [1.165, 1.54) is 25.7 Å². The summed E-state index contributed by atoms with van der Waals surface area (Å²) in [6.45, 7) is 2.00. The van der Waals surface area contributed by atoms with Crippen LogP contribution in [0.4, 0.5) is 5.95 Å². The van der Waals surface area contributed by atoms with Crippen molar-refractivity contribution in [3.8, 4) is 22.7 Å². The lowest BCUT2D eigenvalue weighted by atomic mass is 10.1. The van der Waals surface area contributed by atoms with Gasteiger partial charge in [-0.1, -0.05) is 12.8 Å². The smallest absolute Gasteiger partial charge is 0.226 e. The van der Waals surface area contributed by atoms with Crippen molar-refractivity contribution in [3.63, 3.8) is 0 Å². The largest absolute Gasteiger partial charge is 0.463 e. The normalized spacial score (nSPS) is 15.2. The van der Waals surface area contributed by atoms with Crippen LogP contribution in [0, 0.1) is 0 Å². The zero-order valence-electron chi connectivity index (χ0n) is 13.4. The molecule has 1 aliphatic heterocycles. The second-order valence-electron chi connectivity index (χ2n) is 5.90. The van der Waals surface area contributed by atoms with E-state index in [0.29, 0.717) is 5.76 Å². The van der Waals surface area contributed by atoms with Gasteiger partial charge in [0.05, 0.1) is 18.2 Å². The first-order valence-corrected chi connectivity index (χ1v) is 8.34. The summed E-state index contributed by atoms with van der Waals surface area (Å²) in [7, 11) is 0. The summed E-state index contributed by atoms with van der Waals surface area (Å²) in [5, 5.41) is 0.